The van der Waals surface area contributed by atoms with Gasteiger partial charge in [0.15, 0.2) is 5.82 Å². The second-order valence-electron chi connectivity index (χ2n) is 8.40. The van der Waals surface area contributed by atoms with Crippen molar-refractivity contribution < 1.29 is 19.0 Å². The lowest BCUT2D eigenvalue weighted by Crippen LogP contribution is -2.31. The van der Waals surface area contributed by atoms with Gasteiger partial charge in [0.05, 0.1) is 32.6 Å². The van der Waals surface area contributed by atoms with Gasteiger partial charge in [0, 0.05) is 22.9 Å². The number of carbonyl (C=O) groups excluding carboxylic acids is 1. The van der Waals surface area contributed by atoms with Crippen LogP contribution in [0.4, 0.5) is 11.6 Å². The van der Waals surface area contributed by atoms with E-state index in [-0.39, 0.29) is 5.91 Å². The average molecular weight is 498 g/mol. The predicted molar refractivity (Wildman–Crippen MR) is 141 cm³/mol. The third-order valence-corrected chi connectivity index (χ3v) is 6.22. The van der Waals surface area contributed by atoms with Gasteiger partial charge >= 0.3 is 0 Å². The molecule has 37 heavy (non-hydrogen) atoms. The van der Waals surface area contributed by atoms with E-state index in [2.05, 4.69) is 10.6 Å². The fourth-order valence-electron chi connectivity index (χ4n) is 4.42. The van der Waals surface area contributed by atoms with E-state index >= 15 is 0 Å². The maximum Gasteiger partial charge on any atom is 0.255 e. The molecule has 0 saturated heterocycles. The van der Waals surface area contributed by atoms with E-state index in [9.17, 15) is 4.79 Å². The molecular weight excluding hydrogens is 470 g/mol. The number of carbonyl (C=O) groups is 1. The second-order valence-corrected chi connectivity index (χ2v) is 8.40. The summed E-state index contributed by atoms with van der Waals surface area (Å²) in [4.78, 5) is 18.6. The molecule has 188 valence electrons. The first-order valence-electron chi connectivity index (χ1n) is 11.7. The third-order valence-electron chi connectivity index (χ3n) is 6.22. The topological polar surface area (TPSA) is 99.5 Å². The first-order chi connectivity index (χ1) is 18.0. The van der Waals surface area contributed by atoms with E-state index in [1.54, 1.807) is 44.2 Å². The van der Waals surface area contributed by atoms with Crippen molar-refractivity contribution in [3.05, 3.63) is 89.6 Å². The van der Waals surface area contributed by atoms with Crippen molar-refractivity contribution in [3.63, 3.8) is 0 Å². The first kappa shape index (κ1) is 23.9. The molecule has 0 aliphatic carbocycles. The van der Waals surface area contributed by atoms with Gasteiger partial charge < -0.3 is 24.8 Å². The summed E-state index contributed by atoms with van der Waals surface area (Å²) < 4.78 is 18.3. The number of allylic oxidation sites excluding steroid dienone is 1. The standard InChI is InChI=1S/C28H27N5O4/c1-17-24(27(34)30-21-12-8-9-13-22(21)36-3)25(20-15-14-19(35-2)16-23(20)37-4)33-28(29-17)31-26(32-33)18-10-6-5-7-11-18/h5-16,25H,1-4H3,(H,30,34)(H,29,31,32). The summed E-state index contributed by atoms with van der Waals surface area (Å²) in [6.45, 7) is 1.85. The van der Waals surface area contributed by atoms with Crippen LogP contribution in [0, 0.1) is 0 Å². The zero-order valence-electron chi connectivity index (χ0n) is 21.0. The monoisotopic (exact) mass is 497 g/mol. The smallest absolute Gasteiger partial charge is 0.255 e. The summed E-state index contributed by atoms with van der Waals surface area (Å²) in [5.41, 5.74) is 3.27. The zero-order valence-corrected chi connectivity index (χ0v) is 21.0. The van der Waals surface area contributed by atoms with Crippen LogP contribution in [-0.2, 0) is 4.79 Å². The number of amides is 1. The average Bonchev–Trinajstić information content (AvgIpc) is 3.36. The molecule has 5 rings (SSSR count). The summed E-state index contributed by atoms with van der Waals surface area (Å²) in [5, 5.41) is 11.1. The number of nitrogens with zero attached hydrogens (tertiary/aromatic N) is 3. The SMILES string of the molecule is COc1ccc(C2C(C(=O)Nc3ccccc3OC)=C(C)Nc3nc(-c4ccccc4)nn32)c(OC)c1. The Morgan fingerprint density at radius 2 is 1.65 bits per heavy atom. The molecule has 3 aromatic carbocycles. The molecule has 9 heteroatoms. The van der Waals surface area contributed by atoms with Crippen molar-refractivity contribution in [3.8, 4) is 28.6 Å². The van der Waals surface area contributed by atoms with Crippen LogP contribution in [0.5, 0.6) is 17.2 Å². The van der Waals surface area contributed by atoms with Gasteiger partial charge in [-0.3, -0.25) is 4.79 Å². The summed E-state index contributed by atoms with van der Waals surface area (Å²) in [6, 6.07) is 21.8. The Hall–Kier alpha value is -4.79. The highest BCUT2D eigenvalue weighted by molar-refractivity contribution is 6.06. The summed E-state index contributed by atoms with van der Waals surface area (Å²) >= 11 is 0. The highest BCUT2D eigenvalue weighted by atomic mass is 16.5. The molecular formula is C28H27N5O4. The van der Waals surface area contributed by atoms with Crippen LogP contribution in [0.3, 0.4) is 0 Å². The van der Waals surface area contributed by atoms with Crippen LogP contribution in [-0.4, -0.2) is 42.0 Å². The Morgan fingerprint density at radius 1 is 0.919 bits per heavy atom. The Kier molecular flexibility index (Phi) is 6.51. The summed E-state index contributed by atoms with van der Waals surface area (Å²) in [6.07, 6.45) is 0. The highest BCUT2D eigenvalue weighted by Crippen LogP contribution is 2.41. The quantitative estimate of drug-likeness (QED) is 0.375. The van der Waals surface area contributed by atoms with E-state index in [4.69, 9.17) is 24.3 Å². The van der Waals surface area contributed by atoms with Gasteiger partial charge in [-0.25, -0.2) is 4.68 Å². The van der Waals surface area contributed by atoms with Gasteiger partial charge in [0.25, 0.3) is 5.91 Å². The lowest BCUT2D eigenvalue weighted by Gasteiger charge is -2.29. The maximum atomic E-state index is 13.8. The van der Waals surface area contributed by atoms with Gasteiger partial charge in [-0.15, -0.1) is 5.10 Å². The molecule has 0 spiro atoms. The van der Waals surface area contributed by atoms with Crippen molar-refractivity contribution in [2.45, 2.75) is 13.0 Å². The zero-order chi connectivity index (χ0) is 25.9. The van der Waals surface area contributed by atoms with Crippen LogP contribution >= 0.6 is 0 Å². The summed E-state index contributed by atoms with van der Waals surface area (Å²) in [5.74, 6) is 2.51. The minimum absolute atomic E-state index is 0.306. The molecule has 1 aliphatic rings. The molecule has 0 saturated carbocycles. The number of para-hydroxylation sites is 2. The normalized spacial score (nSPS) is 14.4. The molecule has 4 aromatic rings. The molecule has 9 nitrogen and oxygen atoms in total. The number of rotatable bonds is 7. The fraction of sp³-hybridized carbons (Fsp3) is 0.179. The van der Waals surface area contributed by atoms with Crippen LogP contribution in [0.15, 0.2) is 84.1 Å². The molecule has 1 aliphatic heterocycles. The predicted octanol–water partition coefficient (Wildman–Crippen LogP) is 4.90. The number of methoxy groups -OCH3 is 3. The van der Waals surface area contributed by atoms with Crippen molar-refractivity contribution in [2.75, 3.05) is 32.0 Å². The molecule has 0 bridgehead atoms. The van der Waals surface area contributed by atoms with Crippen LogP contribution in [0.2, 0.25) is 0 Å². The van der Waals surface area contributed by atoms with Gasteiger partial charge in [-0.05, 0) is 31.2 Å². The molecule has 0 fully saturated rings. The van der Waals surface area contributed by atoms with Crippen molar-refractivity contribution in [1.29, 1.82) is 0 Å². The van der Waals surface area contributed by atoms with Gasteiger partial charge in [-0.2, -0.15) is 4.98 Å². The van der Waals surface area contributed by atoms with Crippen molar-refractivity contribution in [1.82, 2.24) is 14.8 Å². The number of fused-ring (bicyclic) bond motifs is 1. The molecule has 2 heterocycles. The number of anilines is 2. The maximum absolute atomic E-state index is 13.8. The Balaban J connectivity index is 1.65. The first-order valence-corrected chi connectivity index (χ1v) is 11.7. The number of hydrogen-bond acceptors (Lipinski definition) is 7. The minimum Gasteiger partial charge on any atom is -0.497 e. The van der Waals surface area contributed by atoms with Crippen LogP contribution in [0.1, 0.15) is 18.5 Å². The number of nitrogens with one attached hydrogen (secondary N) is 2. The van der Waals surface area contributed by atoms with E-state index in [0.29, 0.717) is 46.0 Å². The number of benzene rings is 3. The van der Waals surface area contributed by atoms with E-state index in [1.807, 2.05) is 61.5 Å². The van der Waals surface area contributed by atoms with Gasteiger partial charge in [-0.1, -0.05) is 42.5 Å². The molecule has 2 N–H and O–H groups in total. The highest BCUT2D eigenvalue weighted by Gasteiger charge is 2.36. The molecule has 1 unspecified atom stereocenters. The Labute approximate surface area is 214 Å². The number of hydrogen-bond donors (Lipinski definition) is 2. The number of aromatic nitrogens is 3. The van der Waals surface area contributed by atoms with Crippen molar-refractivity contribution >= 4 is 17.5 Å². The Bertz CT molecular complexity index is 1480. The lowest BCUT2D eigenvalue weighted by atomic mass is 9.94. The van der Waals surface area contributed by atoms with Crippen LogP contribution in [0.25, 0.3) is 11.4 Å². The number of ether oxygens (including phenoxy) is 3. The Morgan fingerprint density at radius 3 is 2.38 bits per heavy atom. The van der Waals surface area contributed by atoms with E-state index in [0.717, 1.165) is 11.1 Å². The third kappa shape index (κ3) is 4.47. The molecule has 1 atom stereocenters. The van der Waals surface area contributed by atoms with Crippen LogP contribution < -0.4 is 24.8 Å². The largest absolute Gasteiger partial charge is 0.497 e. The second kappa shape index (κ2) is 10.1. The minimum atomic E-state index is -0.628. The molecule has 1 aromatic heterocycles. The summed E-state index contributed by atoms with van der Waals surface area (Å²) in [7, 11) is 4.74. The van der Waals surface area contributed by atoms with Crippen molar-refractivity contribution in [2.24, 2.45) is 0 Å². The van der Waals surface area contributed by atoms with E-state index in [1.165, 1.54) is 0 Å². The fourth-order valence-corrected chi connectivity index (χ4v) is 4.42. The van der Waals surface area contributed by atoms with Gasteiger partial charge in [0.2, 0.25) is 5.95 Å². The lowest BCUT2D eigenvalue weighted by molar-refractivity contribution is -0.113. The van der Waals surface area contributed by atoms with Gasteiger partial charge in [0.1, 0.15) is 23.3 Å². The molecule has 1 amide bonds. The molecule has 0 radical (unpaired) electrons. The van der Waals surface area contributed by atoms with E-state index < -0.39 is 6.04 Å².